The number of amides is 1. The first kappa shape index (κ1) is 22.4. The van der Waals surface area contributed by atoms with Crippen molar-refractivity contribution >= 4 is 69.5 Å². The summed E-state index contributed by atoms with van der Waals surface area (Å²) < 4.78 is 11.4. The van der Waals surface area contributed by atoms with Gasteiger partial charge in [-0.25, -0.2) is 0 Å². The molecule has 6 nitrogen and oxygen atoms in total. The molecule has 1 aliphatic heterocycles. The van der Waals surface area contributed by atoms with Crippen molar-refractivity contribution in [1.82, 2.24) is 4.90 Å². The number of aliphatic carboxylic acids is 1. The van der Waals surface area contributed by atoms with E-state index < -0.39 is 18.4 Å². The van der Waals surface area contributed by atoms with Gasteiger partial charge < -0.3 is 19.4 Å². The second-order valence-electron chi connectivity index (χ2n) is 6.07. The molecule has 1 saturated heterocycles. The summed E-state index contributed by atoms with van der Waals surface area (Å²) in [4.78, 5) is 24.5. The van der Waals surface area contributed by atoms with Crippen LogP contribution in [0.15, 0.2) is 41.3 Å². The number of nitrogens with zero attached hydrogens (tertiary/aromatic N) is 1. The van der Waals surface area contributed by atoms with Crippen molar-refractivity contribution in [1.29, 1.82) is 0 Å². The Labute approximate surface area is 192 Å². The molecule has 0 bridgehead atoms. The van der Waals surface area contributed by atoms with Gasteiger partial charge in [-0.1, -0.05) is 59.3 Å². The molecule has 1 heterocycles. The Kier molecular flexibility index (Phi) is 7.25. The van der Waals surface area contributed by atoms with Crippen LogP contribution in [0.3, 0.4) is 0 Å². The van der Waals surface area contributed by atoms with Gasteiger partial charge in [0.25, 0.3) is 5.91 Å². The van der Waals surface area contributed by atoms with Crippen LogP contribution in [-0.2, 0) is 16.2 Å². The molecule has 0 N–H and O–H groups in total. The van der Waals surface area contributed by atoms with Gasteiger partial charge in [-0.15, -0.1) is 0 Å². The van der Waals surface area contributed by atoms with E-state index in [-0.39, 0.29) is 10.9 Å². The molecule has 0 aliphatic carbocycles. The Morgan fingerprint density at radius 1 is 1.23 bits per heavy atom. The van der Waals surface area contributed by atoms with E-state index in [0.717, 1.165) is 22.2 Å². The summed E-state index contributed by atoms with van der Waals surface area (Å²) in [5.41, 5.74) is 1.40. The van der Waals surface area contributed by atoms with Crippen LogP contribution in [0.25, 0.3) is 6.08 Å². The maximum atomic E-state index is 12.4. The highest BCUT2D eigenvalue weighted by Gasteiger charge is 2.31. The monoisotopic (exact) mass is 482 g/mol. The lowest BCUT2D eigenvalue weighted by Crippen LogP contribution is -2.40. The van der Waals surface area contributed by atoms with Gasteiger partial charge in [-0.2, -0.15) is 0 Å². The van der Waals surface area contributed by atoms with E-state index in [4.69, 9.17) is 44.9 Å². The molecular formula is C20H14Cl2NO5S2-. The summed E-state index contributed by atoms with van der Waals surface area (Å²) in [7, 11) is 1.52. The molecule has 0 saturated carbocycles. The van der Waals surface area contributed by atoms with Crippen molar-refractivity contribution in [3.63, 3.8) is 0 Å². The standard InChI is InChI=1S/C20H15Cl2NO5S2/c1-27-15-5-2-11(7-17-19(26)23(9-18(24)25)20(29)30-17)6-16(15)28-10-12-3-4-13(21)8-14(12)22/h2-8H,9-10H2,1H3,(H,24,25)/p-1/b17-7-. The van der Waals surface area contributed by atoms with Gasteiger partial charge in [0, 0.05) is 15.6 Å². The van der Waals surface area contributed by atoms with Crippen LogP contribution >= 0.6 is 47.2 Å². The minimum absolute atomic E-state index is 0.165. The Morgan fingerprint density at radius 2 is 2.00 bits per heavy atom. The summed E-state index contributed by atoms with van der Waals surface area (Å²) in [6, 6.07) is 10.3. The molecule has 0 unspecified atom stereocenters. The summed E-state index contributed by atoms with van der Waals surface area (Å²) in [6.45, 7) is -0.398. The number of methoxy groups -OCH3 is 1. The molecule has 0 spiro atoms. The Morgan fingerprint density at radius 3 is 2.67 bits per heavy atom. The highest BCUT2D eigenvalue weighted by atomic mass is 35.5. The predicted molar refractivity (Wildman–Crippen MR) is 119 cm³/mol. The van der Waals surface area contributed by atoms with Gasteiger partial charge in [0.1, 0.15) is 10.9 Å². The molecule has 2 aromatic carbocycles. The average molecular weight is 483 g/mol. The third kappa shape index (κ3) is 5.26. The van der Waals surface area contributed by atoms with Gasteiger partial charge in [-0.3, -0.25) is 9.69 Å². The van der Waals surface area contributed by atoms with Crippen LogP contribution < -0.4 is 14.6 Å². The van der Waals surface area contributed by atoms with Gasteiger partial charge in [0.2, 0.25) is 0 Å². The van der Waals surface area contributed by atoms with E-state index >= 15 is 0 Å². The minimum Gasteiger partial charge on any atom is -0.548 e. The van der Waals surface area contributed by atoms with E-state index in [2.05, 4.69) is 0 Å². The van der Waals surface area contributed by atoms with Crippen LogP contribution in [0.4, 0.5) is 0 Å². The number of halogens is 2. The number of carboxylic acids is 1. The molecule has 1 fully saturated rings. The summed E-state index contributed by atoms with van der Waals surface area (Å²) in [5, 5.41) is 11.8. The topological polar surface area (TPSA) is 78.9 Å². The fourth-order valence-corrected chi connectivity index (χ4v) is 4.33. The smallest absolute Gasteiger partial charge is 0.266 e. The van der Waals surface area contributed by atoms with E-state index in [9.17, 15) is 14.7 Å². The van der Waals surface area contributed by atoms with Crippen molar-refractivity contribution < 1.29 is 24.2 Å². The van der Waals surface area contributed by atoms with Gasteiger partial charge in [-0.05, 0) is 35.9 Å². The quantitative estimate of drug-likeness (QED) is 0.441. The van der Waals surface area contributed by atoms with Gasteiger partial charge in [0.15, 0.2) is 11.5 Å². The Balaban J connectivity index is 1.82. The molecule has 1 aliphatic rings. The van der Waals surface area contributed by atoms with Crippen molar-refractivity contribution in [3.8, 4) is 11.5 Å². The van der Waals surface area contributed by atoms with E-state index in [1.165, 1.54) is 7.11 Å². The number of hydrogen-bond acceptors (Lipinski definition) is 7. The number of hydrogen-bond donors (Lipinski definition) is 0. The molecule has 10 heteroatoms. The summed E-state index contributed by atoms with van der Waals surface area (Å²) >= 11 is 18.2. The van der Waals surface area contributed by atoms with E-state index in [0.29, 0.717) is 32.0 Å². The van der Waals surface area contributed by atoms with Crippen LogP contribution in [0.1, 0.15) is 11.1 Å². The number of carbonyl (C=O) groups is 2. The van der Waals surface area contributed by atoms with E-state index in [1.54, 1.807) is 42.5 Å². The normalized spacial score (nSPS) is 15.0. The van der Waals surface area contributed by atoms with Crippen molar-refractivity contribution in [3.05, 3.63) is 62.5 Å². The average Bonchev–Trinajstić information content (AvgIpc) is 2.94. The lowest BCUT2D eigenvalue weighted by Gasteiger charge is -2.14. The Hall–Kier alpha value is -2.26. The molecule has 3 rings (SSSR count). The lowest BCUT2D eigenvalue weighted by molar-refractivity contribution is -0.305. The van der Waals surface area contributed by atoms with Crippen LogP contribution in [0.2, 0.25) is 10.0 Å². The number of thioether (sulfide) groups is 1. The first-order valence-electron chi connectivity index (χ1n) is 8.48. The van der Waals surface area contributed by atoms with Gasteiger partial charge >= 0.3 is 0 Å². The highest BCUT2D eigenvalue weighted by molar-refractivity contribution is 8.26. The molecule has 1 amide bonds. The third-order valence-electron chi connectivity index (χ3n) is 4.04. The summed E-state index contributed by atoms with van der Waals surface area (Å²) in [6.07, 6.45) is 1.61. The summed E-state index contributed by atoms with van der Waals surface area (Å²) in [5.74, 6) is -0.918. The minimum atomic E-state index is -1.38. The molecule has 156 valence electrons. The van der Waals surface area contributed by atoms with Crippen molar-refractivity contribution in [2.45, 2.75) is 6.61 Å². The molecule has 2 aromatic rings. The molecule has 0 aromatic heterocycles. The molecule has 0 radical (unpaired) electrons. The fraction of sp³-hybridized carbons (Fsp3) is 0.150. The number of benzene rings is 2. The fourth-order valence-electron chi connectivity index (χ4n) is 2.61. The van der Waals surface area contributed by atoms with Gasteiger partial charge in [0.05, 0.1) is 24.5 Å². The maximum Gasteiger partial charge on any atom is 0.266 e. The number of ether oxygens (including phenoxy) is 2. The van der Waals surface area contributed by atoms with Crippen LogP contribution in [0, 0.1) is 0 Å². The Bertz CT molecular complexity index is 1060. The zero-order valence-corrected chi connectivity index (χ0v) is 18.7. The van der Waals surface area contributed by atoms with Crippen molar-refractivity contribution in [2.75, 3.05) is 13.7 Å². The highest BCUT2D eigenvalue weighted by Crippen LogP contribution is 2.35. The second-order valence-corrected chi connectivity index (χ2v) is 8.59. The zero-order valence-electron chi connectivity index (χ0n) is 15.5. The maximum absolute atomic E-state index is 12.4. The SMILES string of the molecule is COc1ccc(/C=C2\SC(=S)N(CC(=O)[O-])C2=O)cc1OCc1ccc(Cl)cc1Cl. The van der Waals surface area contributed by atoms with Crippen LogP contribution in [-0.4, -0.2) is 34.8 Å². The first-order chi connectivity index (χ1) is 14.3. The largest absolute Gasteiger partial charge is 0.548 e. The molecule has 0 atom stereocenters. The molecular weight excluding hydrogens is 469 g/mol. The first-order valence-corrected chi connectivity index (χ1v) is 10.5. The second kappa shape index (κ2) is 9.70. The lowest BCUT2D eigenvalue weighted by atomic mass is 10.1. The number of carboxylic acid groups (broad SMARTS) is 1. The third-order valence-corrected chi connectivity index (χ3v) is 6.01. The van der Waals surface area contributed by atoms with E-state index in [1.807, 2.05) is 0 Å². The number of rotatable bonds is 7. The predicted octanol–water partition coefficient (Wildman–Crippen LogP) is 3.53. The number of carbonyl (C=O) groups excluding carboxylic acids is 2. The zero-order chi connectivity index (χ0) is 21.8. The van der Waals surface area contributed by atoms with Crippen LogP contribution in [0.5, 0.6) is 11.5 Å². The molecule has 30 heavy (non-hydrogen) atoms. The number of thiocarbonyl (C=S) groups is 1. The van der Waals surface area contributed by atoms with Crippen molar-refractivity contribution in [2.24, 2.45) is 0 Å².